The smallest absolute Gasteiger partial charge is 0.337 e. The Kier molecular flexibility index (Phi) is 4.24. The summed E-state index contributed by atoms with van der Waals surface area (Å²) in [5, 5.41) is 12.4. The lowest BCUT2D eigenvalue weighted by Gasteiger charge is -2.29. The van der Waals surface area contributed by atoms with Crippen molar-refractivity contribution >= 4 is 11.7 Å². The average Bonchev–Trinajstić information content (AvgIpc) is 2.38. The van der Waals surface area contributed by atoms with Crippen LogP contribution in [-0.4, -0.2) is 17.6 Å². The van der Waals surface area contributed by atoms with Gasteiger partial charge in [0.25, 0.3) is 0 Å². The third-order valence-electron chi connectivity index (χ3n) is 4.00. The Morgan fingerprint density at radius 2 is 2.06 bits per heavy atom. The van der Waals surface area contributed by atoms with E-state index in [4.69, 9.17) is 5.11 Å². The molecular formula is C15H21NO2. The molecule has 0 saturated heterocycles. The van der Waals surface area contributed by atoms with Gasteiger partial charge in [-0.3, -0.25) is 0 Å². The molecule has 2 atom stereocenters. The number of aromatic carboxylic acids is 1. The summed E-state index contributed by atoms with van der Waals surface area (Å²) in [6.07, 6.45) is 5.19. The Labute approximate surface area is 108 Å². The van der Waals surface area contributed by atoms with Crippen LogP contribution in [0.1, 0.15) is 43.0 Å². The largest absolute Gasteiger partial charge is 0.478 e. The standard InChI is InChI=1S/C15H21NO2/c1-11-6-2-3-7-12(11)10-16-14-9-5-4-8-13(14)15(17)18/h4-5,8-9,11-12,16H,2-3,6-7,10H2,1H3,(H,17,18). The molecule has 1 aromatic rings. The molecule has 2 rings (SSSR count). The van der Waals surface area contributed by atoms with E-state index in [1.165, 1.54) is 25.7 Å². The van der Waals surface area contributed by atoms with Crippen molar-refractivity contribution in [3.05, 3.63) is 29.8 Å². The molecule has 1 aliphatic rings. The Hall–Kier alpha value is -1.51. The Morgan fingerprint density at radius 1 is 1.33 bits per heavy atom. The molecule has 0 amide bonds. The number of carboxylic acids is 1. The highest BCUT2D eigenvalue weighted by molar-refractivity contribution is 5.94. The predicted molar refractivity (Wildman–Crippen MR) is 73.0 cm³/mol. The van der Waals surface area contributed by atoms with E-state index in [9.17, 15) is 4.79 Å². The van der Waals surface area contributed by atoms with E-state index in [0.29, 0.717) is 11.5 Å². The number of hydrogen-bond donors (Lipinski definition) is 2. The number of carboxylic acid groups (broad SMARTS) is 1. The summed E-state index contributed by atoms with van der Waals surface area (Å²) in [6, 6.07) is 7.13. The molecule has 1 aliphatic carbocycles. The van der Waals surface area contributed by atoms with E-state index in [2.05, 4.69) is 12.2 Å². The minimum absolute atomic E-state index is 0.362. The molecule has 3 heteroatoms. The molecule has 1 aromatic carbocycles. The van der Waals surface area contributed by atoms with E-state index in [1.807, 2.05) is 12.1 Å². The van der Waals surface area contributed by atoms with Gasteiger partial charge in [-0.05, 0) is 30.4 Å². The lowest BCUT2D eigenvalue weighted by molar-refractivity contribution is 0.0698. The van der Waals surface area contributed by atoms with E-state index < -0.39 is 5.97 Å². The van der Waals surface area contributed by atoms with Crippen LogP contribution in [0.4, 0.5) is 5.69 Å². The highest BCUT2D eigenvalue weighted by Crippen LogP contribution is 2.30. The van der Waals surface area contributed by atoms with E-state index >= 15 is 0 Å². The lowest BCUT2D eigenvalue weighted by atomic mass is 9.80. The van der Waals surface area contributed by atoms with Gasteiger partial charge in [0.1, 0.15) is 0 Å². The van der Waals surface area contributed by atoms with Crippen molar-refractivity contribution in [1.29, 1.82) is 0 Å². The summed E-state index contributed by atoms with van der Waals surface area (Å²) < 4.78 is 0. The van der Waals surface area contributed by atoms with Crippen LogP contribution in [0.5, 0.6) is 0 Å². The molecule has 3 nitrogen and oxygen atoms in total. The molecule has 98 valence electrons. The first-order valence-electron chi connectivity index (χ1n) is 6.74. The van der Waals surface area contributed by atoms with Gasteiger partial charge in [0, 0.05) is 12.2 Å². The molecule has 0 aromatic heterocycles. The second-order valence-electron chi connectivity index (χ2n) is 5.25. The Morgan fingerprint density at radius 3 is 2.78 bits per heavy atom. The van der Waals surface area contributed by atoms with Crippen molar-refractivity contribution < 1.29 is 9.90 Å². The van der Waals surface area contributed by atoms with Crippen LogP contribution >= 0.6 is 0 Å². The third-order valence-corrected chi connectivity index (χ3v) is 4.00. The van der Waals surface area contributed by atoms with Crippen LogP contribution in [0.15, 0.2) is 24.3 Å². The van der Waals surface area contributed by atoms with Crippen LogP contribution in [0.3, 0.4) is 0 Å². The maximum atomic E-state index is 11.1. The Bertz CT molecular complexity index is 417. The van der Waals surface area contributed by atoms with Crippen molar-refractivity contribution in [2.24, 2.45) is 11.8 Å². The van der Waals surface area contributed by atoms with Crippen molar-refractivity contribution in [1.82, 2.24) is 0 Å². The van der Waals surface area contributed by atoms with Crippen LogP contribution < -0.4 is 5.32 Å². The molecule has 0 bridgehead atoms. The van der Waals surface area contributed by atoms with E-state index in [1.54, 1.807) is 12.1 Å². The fraction of sp³-hybridized carbons (Fsp3) is 0.533. The molecule has 0 radical (unpaired) electrons. The summed E-state index contributed by atoms with van der Waals surface area (Å²) >= 11 is 0. The van der Waals surface area contributed by atoms with Gasteiger partial charge in [0.05, 0.1) is 5.56 Å². The fourth-order valence-corrected chi connectivity index (χ4v) is 2.76. The first-order chi connectivity index (χ1) is 8.68. The normalized spacial score (nSPS) is 23.6. The molecule has 1 fully saturated rings. The number of nitrogens with one attached hydrogen (secondary N) is 1. The molecule has 0 heterocycles. The molecule has 18 heavy (non-hydrogen) atoms. The van der Waals surface area contributed by atoms with Gasteiger partial charge < -0.3 is 10.4 Å². The van der Waals surface area contributed by atoms with Gasteiger partial charge in [-0.15, -0.1) is 0 Å². The topological polar surface area (TPSA) is 49.3 Å². The quantitative estimate of drug-likeness (QED) is 0.854. The summed E-state index contributed by atoms with van der Waals surface area (Å²) in [6.45, 7) is 3.18. The molecular weight excluding hydrogens is 226 g/mol. The molecule has 0 aliphatic heterocycles. The van der Waals surface area contributed by atoms with E-state index in [0.717, 1.165) is 18.2 Å². The SMILES string of the molecule is CC1CCCCC1CNc1ccccc1C(=O)O. The summed E-state index contributed by atoms with van der Waals surface area (Å²) in [5.41, 5.74) is 1.10. The van der Waals surface area contributed by atoms with Gasteiger partial charge in [-0.2, -0.15) is 0 Å². The number of hydrogen-bond acceptors (Lipinski definition) is 2. The summed E-state index contributed by atoms with van der Waals surface area (Å²) in [4.78, 5) is 11.1. The summed E-state index contributed by atoms with van der Waals surface area (Å²) in [5.74, 6) is 0.540. The maximum Gasteiger partial charge on any atom is 0.337 e. The highest BCUT2D eigenvalue weighted by atomic mass is 16.4. The lowest BCUT2D eigenvalue weighted by Crippen LogP contribution is -2.24. The third kappa shape index (κ3) is 3.03. The van der Waals surface area contributed by atoms with Gasteiger partial charge in [0.15, 0.2) is 0 Å². The number of rotatable bonds is 4. The predicted octanol–water partition coefficient (Wildman–Crippen LogP) is 3.62. The molecule has 2 unspecified atom stereocenters. The van der Waals surface area contributed by atoms with Gasteiger partial charge >= 0.3 is 5.97 Å². The number of para-hydroxylation sites is 1. The van der Waals surface area contributed by atoms with E-state index in [-0.39, 0.29) is 0 Å². The van der Waals surface area contributed by atoms with Gasteiger partial charge in [0.2, 0.25) is 0 Å². The molecule has 0 spiro atoms. The second-order valence-corrected chi connectivity index (χ2v) is 5.25. The number of benzene rings is 1. The minimum atomic E-state index is -0.866. The van der Waals surface area contributed by atoms with Crippen molar-refractivity contribution in [2.75, 3.05) is 11.9 Å². The molecule has 2 N–H and O–H groups in total. The number of carbonyl (C=O) groups is 1. The van der Waals surface area contributed by atoms with Gasteiger partial charge in [-0.25, -0.2) is 4.79 Å². The second kappa shape index (κ2) is 5.89. The zero-order valence-corrected chi connectivity index (χ0v) is 10.9. The first kappa shape index (κ1) is 12.9. The number of anilines is 1. The zero-order valence-electron chi connectivity index (χ0n) is 10.9. The van der Waals surface area contributed by atoms with Crippen molar-refractivity contribution in [3.63, 3.8) is 0 Å². The zero-order chi connectivity index (χ0) is 13.0. The van der Waals surface area contributed by atoms with Crippen LogP contribution in [0.2, 0.25) is 0 Å². The molecule has 1 saturated carbocycles. The maximum absolute atomic E-state index is 11.1. The minimum Gasteiger partial charge on any atom is -0.478 e. The summed E-state index contributed by atoms with van der Waals surface area (Å²) in [7, 11) is 0. The monoisotopic (exact) mass is 247 g/mol. The van der Waals surface area contributed by atoms with Crippen LogP contribution in [-0.2, 0) is 0 Å². The highest BCUT2D eigenvalue weighted by Gasteiger charge is 2.21. The van der Waals surface area contributed by atoms with Gasteiger partial charge in [-0.1, -0.05) is 38.3 Å². The van der Waals surface area contributed by atoms with Crippen molar-refractivity contribution in [3.8, 4) is 0 Å². The van der Waals surface area contributed by atoms with Crippen LogP contribution in [0, 0.1) is 11.8 Å². The van der Waals surface area contributed by atoms with Crippen molar-refractivity contribution in [2.45, 2.75) is 32.6 Å². The fourth-order valence-electron chi connectivity index (χ4n) is 2.76. The average molecular weight is 247 g/mol. The first-order valence-corrected chi connectivity index (χ1v) is 6.74. The van der Waals surface area contributed by atoms with Crippen LogP contribution in [0.25, 0.3) is 0 Å². The Balaban J connectivity index is 1.99.